The first-order valence-electron chi connectivity index (χ1n) is 9.57. The summed E-state index contributed by atoms with van der Waals surface area (Å²) in [4.78, 5) is 24.7. The van der Waals surface area contributed by atoms with Gasteiger partial charge in [0.05, 0.1) is 0 Å². The van der Waals surface area contributed by atoms with Crippen molar-refractivity contribution in [1.82, 2.24) is 5.32 Å². The summed E-state index contributed by atoms with van der Waals surface area (Å²) in [5, 5.41) is 8.56. The maximum atomic E-state index is 12.5. The Hall–Kier alpha value is -3.91. The highest BCUT2D eigenvalue weighted by Crippen LogP contribution is 2.30. The van der Waals surface area contributed by atoms with Crippen molar-refractivity contribution in [2.45, 2.75) is 0 Å². The van der Waals surface area contributed by atoms with Crippen LogP contribution in [0.1, 0.15) is 20.7 Å². The third-order valence-corrected chi connectivity index (χ3v) is 4.67. The number of benzene rings is 3. The molecule has 0 unspecified atom stereocenters. The fourth-order valence-electron chi connectivity index (χ4n) is 2.95. The normalized spacial score (nSPS) is 11.9. The number of carbonyl (C=O) groups excluding carboxylic acids is 2. The molecule has 0 aliphatic carbocycles. The highest BCUT2D eigenvalue weighted by Gasteiger charge is 2.15. The smallest absolute Gasteiger partial charge is 0.257 e. The van der Waals surface area contributed by atoms with Gasteiger partial charge in [0, 0.05) is 22.5 Å². The quantitative estimate of drug-likeness (QED) is 0.542. The van der Waals surface area contributed by atoms with Crippen molar-refractivity contribution in [1.29, 1.82) is 0 Å². The molecule has 8 heteroatoms. The summed E-state index contributed by atoms with van der Waals surface area (Å²) >= 11 is 5.23. The number of carbonyl (C=O) groups is 2. The predicted molar refractivity (Wildman–Crippen MR) is 122 cm³/mol. The summed E-state index contributed by atoms with van der Waals surface area (Å²) in [7, 11) is 0. The SMILES string of the molecule is O=C(NC(=S)Nc1ccc(NC(=O)c2ccccc2)cc1)c1ccc2c(c1)OCCO2. The van der Waals surface area contributed by atoms with Gasteiger partial charge in [0.15, 0.2) is 16.6 Å². The minimum Gasteiger partial charge on any atom is -0.486 e. The first-order chi connectivity index (χ1) is 15.1. The molecule has 0 aromatic heterocycles. The van der Waals surface area contributed by atoms with Gasteiger partial charge < -0.3 is 20.1 Å². The van der Waals surface area contributed by atoms with Crippen LogP contribution < -0.4 is 25.4 Å². The summed E-state index contributed by atoms with van der Waals surface area (Å²) in [6.07, 6.45) is 0. The number of anilines is 2. The number of rotatable bonds is 4. The Labute approximate surface area is 184 Å². The van der Waals surface area contributed by atoms with Crippen LogP contribution in [-0.2, 0) is 0 Å². The summed E-state index contributed by atoms with van der Waals surface area (Å²) < 4.78 is 11.0. The van der Waals surface area contributed by atoms with Crippen molar-refractivity contribution >= 4 is 40.5 Å². The Morgan fingerprint density at radius 2 is 1.35 bits per heavy atom. The Kier molecular flexibility index (Phi) is 6.09. The molecule has 3 aromatic carbocycles. The third kappa shape index (κ3) is 5.18. The molecule has 1 aliphatic rings. The Morgan fingerprint density at radius 1 is 0.710 bits per heavy atom. The van der Waals surface area contributed by atoms with E-state index in [2.05, 4.69) is 16.0 Å². The second kappa shape index (κ2) is 9.27. The summed E-state index contributed by atoms with van der Waals surface area (Å²) in [5.74, 6) is 0.596. The van der Waals surface area contributed by atoms with E-state index < -0.39 is 0 Å². The topological polar surface area (TPSA) is 88.7 Å². The lowest BCUT2D eigenvalue weighted by Crippen LogP contribution is -2.34. The summed E-state index contributed by atoms with van der Waals surface area (Å²) in [5.41, 5.74) is 2.30. The van der Waals surface area contributed by atoms with Gasteiger partial charge in [-0.3, -0.25) is 14.9 Å². The second-order valence-electron chi connectivity index (χ2n) is 6.66. The van der Waals surface area contributed by atoms with Crippen molar-refractivity contribution < 1.29 is 19.1 Å². The Morgan fingerprint density at radius 3 is 2.06 bits per heavy atom. The van der Waals surface area contributed by atoms with E-state index in [1.807, 2.05) is 18.2 Å². The molecule has 0 bridgehead atoms. The van der Waals surface area contributed by atoms with Crippen LogP contribution in [0.25, 0.3) is 0 Å². The van der Waals surface area contributed by atoms with Gasteiger partial charge in [-0.1, -0.05) is 18.2 Å². The molecule has 31 heavy (non-hydrogen) atoms. The van der Waals surface area contributed by atoms with Crippen LogP contribution in [-0.4, -0.2) is 30.1 Å². The van der Waals surface area contributed by atoms with Crippen LogP contribution in [0.5, 0.6) is 11.5 Å². The van der Waals surface area contributed by atoms with Crippen LogP contribution in [0.4, 0.5) is 11.4 Å². The monoisotopic (exact) mass is 433 g/mol. The van der Waals surface area contributed by atoms with E-state index >= 15 is 0 Å². The van der Waals surface area contributed by atoms with Crippen molar-refractivity contribution in [2.24, 2.45) is 0 Å². The van der Waals surface area contributed by atoms with Gasteiger partial charge in [-0.2, -0.15) is 0 Å². The van der Waals surface area contributed by atoms with Crippen molar-refractivity contribution in [3.05, 3.63) is 83.9 Å². The molecule has 0 saturated heterocycles. The summed E-state index contributed by atoms with van der Waals surface area (Å²) in [6, 6.07) is 20.9. The Bertz CT molecular complexity index is 1120. The van der Waals surface area contributed by atoms with E-state index in [0.29, 0.717) is 47.2 Å². The minimum atomic E-state index is -0.360. The molecule has 3 N–H and O–H groups in total. The second-order valence-corrected chi connectivity index (χ2v) is 7.07. The number of ether oxygens (including phenoxy) is 2. The number of thiocarbonyl (C=S) groups is 1. The van der Waals surface area contributed by atoms with Crippen LogP contribution in [0.3, 0.4) is 0 Å². The average molecular weight is 433 g/mol. The number of nitrogens with one attached hydrogen (secondary N) is 3. The molecule has 7 nitrogen and oxygen atoms in total. The number of hydrogen-bond donors (Lipinski definition) is 3. The van der Waals surface area contributed by atoms with Gasteiger partial charge in [-0.25, -0.2) is 0 Å². The van der Waals surface area contributed by atoms with Crippen molar-refractivity contribution in [2.75, 3.05) is 23.8 Å². The molecule has 0 atom stereocenters. The number of amides is 2. The van der Waals surface area contributed by atoms with Crippen molar-refractivity contribution in [3.63, 3.8) is 0 Å². The Balaban J connectivity index is 1.32. The molecule has 4 rings (SSSR count). The first kappa shape index (κ1) is 20.4. The van der Waals surface area contributed by atoms with E-state index in [1.165, 1.54) is 0 Å². The highest BCUT2D eigenvalue weighted by molar-refractivity contribution is 7.80. The van der Waals surface area contributed by atoms with Crippen LogP contribution in [0.15, 0.2) is 72.8 Å². The number of hydrogen-bond acceptors (Lipinski definition) is 5. The lowest BCUT2D eigenvalue weighted by molar-refractivity contribution is 0.0975. The van der Waals surface area contributed by atoms with Gasteiger partial charge in [-0.15, -0.1) is 0 Å². The lowest BCUT2D eigenvalue weighted by Gasteiger charge is -2.18. The van der Waals surface area contributed by atoms with Gasteiger partial charge in [0.25, 0.3) is 11.8 Å². The zero-order valence-corrected chi connectivity index (χ0v) is 17.2. The molecule has 0 radical (unpaired) electrons. The highest BCUT2D eigenvalue weighted by atomic mass is 32.1. The largest absolute Gasteiger partial charge is 0.486 e. The average Bonchev–Trinajstić information content (AvgIpc) is 2.80. The zero-order valence-electron chi connectivity index (χ0n) is 16.4. The first-order valence-corrected chi connectivity index (χ1v) is 9.98. The number of fused-ring (bicyclic) bond motifs is 1. The zero-order chi connectivity index (χ0) is 21.6. The van der Waals surface area contributed by atoms with Crippen molar-refractivity contribution in [3.8, 4) is 11.5 Å². The van der Waals surface area contributed by atoms with Gasteiger partial charge in [-0.05, 0) is 66.8 Å². The van der Waals surface area contributed by atoms with E-state index in [9.17, 15) is 9.59 Å². The third-order valence-electron chi connectivity index (χ3n) is 4.47. The maximum Gasteiger partial charge on any atom is 0.257 e. The van der Waals surface area contributed by atoms with E-state index in [1.54, 1.807) is 54.6 Å². The fourth-order valence-corrected chi connectivity index (χ4v) is 3.16. The standard InChI is InChI=1S/C23H19N3O4S/c27-21(15-4-2-1-3-5-15)24-17-7-9-18(10-8-17)25-23(31)26-22(28)16-6-11-19-20(14-16)30-13-12-29-19/h1-11,14H,12-13H2,(H,24,27)(H2,25,26,28,31). The van der Waals surface area contributed by atoms with Gasteiger partial charge in [0.1, 0.15) is 13.2 Å². The van der Waals surface area contributed by atoms with E-state index in [4.69, 9.17) is 21.7 Å². The molecular formula is C23H19N3O4S. The molecule has 1 aliphatic heterocycles. The maximum absolute atomic E-state index is 12.5. The van der Waals surface area contributed by atoms with Crippen LogP contribution in [0.2, 0.25) is 0 Å². The lowest BCUT2D eigenvalue weighted by atomic mass is 10.2. The van der Waals surface area contributed by atoms with Crippen LogP contribution >= 0.6 is 12.2 Å². The molecule has 0 spiro atoms. The predicted octanol–water partition coefficient (Wildman–Crippen LogP) is 3.84. The molecular weight excluding hydrogens is 414 g/mol. The molecule has 2 amide bonds. The molecule has 3 aromatic rings. The molecule has 0 saturated carbocycles. The molecule has 1 heterocycles. The molecule has 156 valence electrons. The van der Waals surface area contributed by atoms with E-state index in [-0.39, 0.29) is 16.9 Å². The van der Waals surface area contributed by atoms with Crippen LogP contribution in [0, 0.1) is 0 Å². The minimum absolute atomic E-state index is 0.154. The van der Waals surface area contributed by atoms with Gasteiger partial charge in [0.2, 0.25) is 0 Å². The van der Waals surface area contributed by atoms with Gasteiger partial charge >= 0.3 is 0 Å². The fraction of sp³-hybridized carbons (Fsp3) is 0.0870. The van der Waals surface area contributed by atoms with E-state index in [0.717, 1.165) is 0 Å². The summed E-state index contributed by atoms with van der Waals surface area (Å²) in [6.45, 7) is 0.932. The molecule has 0 fully saturated rings.